The van der Waals surface area contributed by atoms with Gasteiger partial charge in [-0.1, -0.05) is 24.6 Å². The van der Waals surface area contributed by atoms with Crippen molar-refractivity contribution in [3.05, 3.63) is 57.9 Å². The lowest BCUT2D eigenvalue weighted by Crippen LogP contribution is -2.21. The van der Waals surface area contributed by atoms with Gasteiger partial charge in [0.1, 0.15) is 0 Å². The van der Waals surface area contributed by atoms with E-state index in [4.69, 9.17) is 11.6 Å². The first-order chi connectivity index (χ1) is 10.2. The average Bonchev–Trinajstić information content (AvgIpc) is 2.90. The number of benzene rings is 1. The molecule has 0 unspecified atom stereocenters. The van der Waals surface area contributed by atoms with Gasteiger partial charge in [0.25, 0.3) is 5.56 Å². The summed E-state index contributed by atoms with van der Waals surface area (Å²) in [5.41, 5.74) is 1.46. The maximum Gasteiger partial charge on any atom is 0.263 e. The fraction of sp³-hybridized carbons (Fsp3) is 0.267. The molecule has 0 bridgehead atoms. The molecule has 6 heteroatoms. The molecule has 3 rings (SSSR count). The topological polar surface area (TPSA) is 52.7 Å². The fourth-order valence-electron chi connectivity index (χ4n) is 2.31. The molecule has 0 fully saturated rings. The third-order valence-electron chi connectivity index (χ3n) is 3.29. The van der Waals surface area contributed by atoms with Gasteiger partial charge in [0.2, 0.25) is 0 Å². The highest BCUT2D eigenvalue weighted by Crippen LogP contribution is 2.17. The summed E-state index contributed by atoms with van der Waals surface area (Å²) in [4.78, 5) is 16.8. The van der Waals surface area contributed by atoms with E-state index in [1.54, 1.807) is 35.3 Å². The van der Waals surface area contributed by atoms with Gasteiger partial charge in [-0.05, 0) is 18.6 Å². The first-order valence-electron chi connectivity index (χ1n) is 6.84. The Bertz CT molecular complexity index is 837. The van der Waals surface area contributed by atoms with Crippen molar-refractivity contribution in [2.45, 2.75) is 26.4 Å². The van der Waals surface area contributed by atoms with E-state index in [9.17, 15) is 4.79 Å². The Morgan fingerprint density at radius 1 is 1.33 bits per heavy atom. The van der Waals surface area contributed by atoms with Gasteiger partial charge in [0.05, 0.1) is 35.0 Å². The van der Waals surface area contributed by atoms with Crippen molar-refractivity contribution >= 4 is 22.5 Å². The minimum Gasteiger partial charge on any atom is -0.294 e. The van der Waals surface area contributed by atoms with Crippen LogP contribution in [0.3, 0.4) is 0 Å². The van der Waals surface area contributed by atoms with Gasteiger partial charge in [-0.15, -0.1) is 0 Å². The number of rotatable bonds is 4. The number of hydrogen-bond donors (Lipinski definition) is 0. The first-order valence-corrected chi connectivity index (χ1v) is 7.22. The molecule has 0 saturated carbocycles. The van der Waals surface area contributed by atoms with Gasteiger partial charge in [-0.2, -0.15) is 5.10 Å². The molecule has 0 aliphatic heterocycles. The summed E-state index contributed by atoms with van der Waals surface area (Å²) in [5.74, 6) is 0. The molecule has 21 heavy (non-hydrogen) atoms. The van der Waals surface area contributed by atoms with Crippen LogP contribution in [-0.2, 0) is 13.1 Å². The van der Waals surface area contributed by atoms with Crippen LogP contribution in [0.5, 0.6) is 0 Å². The van der Waals surface area contributed by atoms with Gasteiger partial charge in [-0.3, -0.25) is 14.0 Å². The molecule has 0 aliphatic rings. The third kappa shape index (κ3) is 2.69. The molecular formula is C15H15ClN4O. The number of nitrogens with zero attached hydrogens (tertiary/aromatic N) is 4. The van der Waals surface area contributed by atoms with Crippen LogP contribution in [0, 0.1) is 0 Å². The van der Waals surface area contributed by atoms with Crippen LogP contribution in [0.4, 0.5) is 0 Å². The number of aryl methyl sites for hydroxylation is 1. The molecule has 0 amide bonds. The molecule has 2 heterocycles. The van der Waals surface area contributed by atoms with Gasteiger partial charge in [0, 0.05) is 18.3 Å². The van der Waals surface area contributed by atoms with Gasteiger partial charge < -0.3 is 0 Å². The summed E-state index contributed by atoms with van der Waals surface area (Å²) >= 11 is 6.11. The monoisotopic (exact) mass is 302 g/mol. The third-order valence-corrected chi connectivity index (χ3v) is 3.61. The Morgan fingerprint density at radius 3 is 3.00 bits per heavy atom. The van der Waals surface area contributed by atoms with E-state index in [2.05, 4.69) is 17.0 Å². The lowest BCUT2D eigenvalue weighted by molar-refractivity contribution is 0.601. The second-order valence-electron chi connectivity index (χ2n) is 4.92. The van der Waals surface area contributed by atoms with Crippen LogP contribution in [0.25, 0.3) is 10.9 Å². The minimum absolute atomic E-state index is 0.131. The second kappa shape index (κ2) is 5.69. The summed E-state index contributed by atoms with van der Waals surface area (Å²) in [6.45, 7) is 3.41. The van der Waals surface area contributed by atoms with Crippen molar-refractivity contribution in [1.29, 1.82) is 0 Å². The van der Waals surface area contributed by atoms with Crippen LogP contribution in [0.1, 0.15) is 18.9 Å². The highest BCUT2D eigenvalue weighted by Gasteiger charge is 2.08. The first kappa shape index (κ1) is 13.8. The van der Waals surface area contributed by atoms with E-state index in [-0.39, 0.29) is 5.56 Å². The normalized spacial score (nSPS) is 11.1. The van der Waals surface area contributed by atoms with Crippen molar-refractivity contribution in [3.8, 4) is 0 Å². The van der Waals surface area contributed by atoms with Crippen molar-refractivity contribution in [3.63, 3.8) is 0 Å². The highest BCUT2D eigenvalue weighted by molar-refractivity contribution is 6.35. The van der Waals surface area contributed by atoms with E-state index in [1.807, 2.05) is 10.9 Å². The predicted octanol–water partition coefficient (Wildman–Crippen LogP) is 2.70. The van der Waals surface area contributed by atoms with Crippen LogP contribution >= 0.6 is 11.6 Å². The number of aromatic nitrogens is 4. The summed E-state index contributed by atoms with van der Waals surface area (Å²) < 4.78 is 3.43. The highest BCUT2D eigenvalue weighted by atomic mass is 35.5. The zero-order valence-corrected chi connectivity index (χ0v) is 12.4. The number of halogens is 1. The molecule has 5 nitrogen and oxygen atoms in total. The Balaban J connectivity index is 1.99. The maximum atomic E-state index is 12.5. The Hall–Kier alpha value is -2.14. The van der Waals surface area contributed by atoms with Crippen molar-refractivity contribution in [2.24, 2.45) is 0 Å². The minimum atomic E-state index is -0.131. The van der Waals surface area contributed by atoms with Crippen molar-refractivity contribution in [2.75, 3.05) is 0 Å². The lowest BCUT2D eigenvalue weighted by atomic mass is 10.2. The quantitative estimate of drug-likeness (QED) is 0.744. The smallest absolute Gasteiger partial charge is 0.263 e. The van der Waals surface area contributed by atoms with Crippen LogP contribution in [0.2, 0.25) is 5.02 Å². The second-order valence-corrected chi connectivity index (χ2v) is 5.33. The Labute approximate surface area is 126 Å². The van der Waals surface area contributed by atoms with Gasteiger partial charge in [-0.25, -0.2) is 4.98 Å². The van der Waals surface area contributed by atoms with Gasteiger partial charge in [0.15, 0.2) is 0 Å². The summed E-state index contributed by atoms with van der Waals surface area (Å²) in [6.07, 6.45) is 6.30. The summed E-state index contributed by atoms with van der Waals surface area (Å²) in [5, 5.41) is 5.16. The van der Waals surface area contributed by atoms with Crippen LogP contribution in [-0.4, -0.2) is 19.3 Å². The van der Waals surface area contributed by atoms with E-state index in [0.717, 1.165) is 18.5 Å². The molecule has 3 aromatic rings. The van der Waals surface area contributed by atoms with E-state index in [0.29, 0.717) is 22.5 Å². The van der Waals surface area contributed by atoms with E-state index < -0.39 is 0 Å². The fourth-order valence-corrected chi connectivity index (χ4v) is 2.56. The molecule has 0 atom stereocenters. The molecule has 108 valence electrons. The summed E-state index contributed by atoms with van der Waals surface area (Å²) in [6, 6.07) is 5.28. The molecule has 0 N–H and O–H groups in total. The number of hydrogen-bond acceptors (Lipinski definition) is 3. The molecule has 0 saturated heterocycles. The molecule has 2 aromatic heterocycles. The lowest BCUT2D eigenvalue weighted by Gasteiger charge is -2.06. The average molecular weight is 303 g/mol. The predicted molar refractivity (Wildman–Crippen MR) is 82.6 cm³/mol. The zero-order valence-electron chi connectivity index (χ0n) is 11.7. The molecular weight excluding hydrogens is 288 g/mol. The van der Waals surface area contributed by atoms with Crippen molar-refractivity contribution in [1.82, 2.24) is 19.3 Å². The summed E-state index contributed by atoms with van der Waals surface area (Å²) in [7, 11) is 0. The molecule has 1 aromatic carbocycles. The standard InChI is InChI=1S/C15H15ClN4O/c1-2-6-20-9-11(7-18-20)8-19-10-17-13-5-3-4-12(16)14(13)15(19)21/h3-5,7,9-10H,2,6,8H2,1H3. The largest absolute Gasteiger partial charge is 0.294 e. The molecule has 0 radical (unpaired) electrons. The molecule has 0 aliphatic carbocycles. The van der Waals surface area contributed by atoms with E-state index >= 15 is 0 Å². The SMILES string of the molecule is CCCn1cc(Cn2cnc3cccc(Cl)c3c2=O)cn1. The Morgan fingerprint density at radius 2 is 2.19 bits per heavy atom. The Kier molecular flexibility index (Phi) is 3.75. The van der Waals surface area contributed by atoms with Crippen LogP contribution in [0.15, 0.2) is 41.7 Å². The van der Waals surface area contributed by atoms with E-state index in [1.165, 1.54) is 0 Å². The molecule has 0 spiro atoms. The van der Waals surface area contributed by atoms with Gasteiger partial charge >= 0.3 is 0 Å². The zero-order chi connectivity index (χ0) is 14.8. The number of fused-ring (bicyclic) bond motifs is 1. The maximum absolute atomic E-state index is 12.5. The van der Waals surface area contributed by atoms with Crippen molar-refractivity contribution < 1.29 is 0 Å². The van der Waals surface area contributed by atoms with Crippen LogP contribution < -0.4 is 5.56 Å².